The lowest BCUT2D eigenvalue weighted by Crippen LogP contribution is -2.34. The number of alkyl carbamates (subject to hydrolysis) is 1. The third-order valence-corrected chi connectivity index (χ3v) is 2.13. The van der Waals surface area contributed by atoms with Crippen LogP contribution in [0, 0.1) is 18.2 Å². The van der Waals surface area contributed by atoms with Crippen LogP contribution in [0.5, 0.6) is 5.75 Å². The van der Waals surface area contributed by atoms with Crippen LogP contribution in [0.2, 0.25) is 0 Å². The minimum atomic E-state index is -0.551. The molecule has 0 aliphatic heterocycles. The third kappa shape index (κ3) is 5.61. The number of ether oxygens (including phenoxy) is 2. The van der Waals surface area contributed by atoms with Gasteiger partial charge in [0.05, 0.1) is 12.1 Å². The molecule has 1 aromatic rings. The van der Waals surface area contributed by atoms with Crippen LogP contribution >= 0.6 is 0 Å². The van der Waals surface area contributed by atoms with Crippen molar-refractivity contribution in [2.24, 2.45) is 0 Å². The Kier molecular flexibility index (Phi) is 5.39. The average Bonchev–Trinajstić information content (AvgIpc) is 2.33. The number of benzene rings is 1. The highest BCUT2D eigenvalue weighted by molar-refractivity contribution is 5.67. The fourth-order valence-corrected chi connectivity index (χ4v) is 1.36. The first-order valence-electron chi connectivity index (χ1n) is 6.17. The summed E-state index contributed by atoms with van der Waals surface area (Å²) in [6.45, 7) is 5.71. The molecule has 0 saturated carbocycles. The van der Waals surface area contributed by atoms with Crippen molar-refractivity contribution in [3.63, 3.8) is 0 Å². The first kappa shape index (κ1) is 15.8. The van der Waals surface area contributed by atoms with Gasteiger partial charge in [0.1, 0.15) is 23.8 Å². The van der Waals surface area contributed by atoms with Crippen molar-refractivity contribution in [1.29, 1.82) is 0 Å². The molecule has 0 bridgehead atoms. The summed E-state index contributed by atoms with van der Waals surface area (Å²) in [5.74, 6) is 2.24. The van der Waals surface area contributed by atoms with Crippen LogP contribution < -0.4 is 10.1 Å². The second-order valence-corrected chi connectivity index (χ2v) is 5.06. The molecular weight excluding hydrogens is 261 g/mol. The molecule has 4 nitrogen and oxygen atoms in total. The summed E-state index contributed by atoms with van der Waals surface area (Å²) >= 11 is 0. The van der Waals surface area contributed by atoms with Gasteiger partial charge in [-0.15, -0.1) is 6.42 Å². The fraction of sp³-hybridized carbons (Fsp3) is 0.400. The van der Waals surface area contributed by atoms with Crippen LogP contribution in [-0.4, -0.2) is 24.8 Å². The number of halogens is 1. The van der Waals surface area contributed by atoms with Gasteiger partial charge in [-0.1, -0.05) is 5.92 Å². The number of rotatable bonds is 4. The summed E-state index contributed by atoms with van der Waals surface area (Å²) < 4.78 is 23.5. The van der Waals surface area contributed by atoms with E-state index in [-0.39, 0.29) is 18.9 Å². The van der Waals surface area contributed by atoms with Crippen molar-refractivity contribution in [2.75, 3.05) is 13.2 Å². The number of amides is 1. The number of terminal acetylenes is 1. The van der Waals surface area contributed by atoms with E-state index in [0.717, 1.165) is 0 Å². The number of nitrogens with one attached hydrogen (secondary N) is 1. The summed E-state index contributed by atoms with van der Waals surface area (Å²) in [7, 11) is 0. The molecule has 0 fully saturated rings. The molecule has 108 valence electrons. The molecule has 1 aromatic carbocycles. The maximum absolute atomic E-state index is 13.1. The molecule has 0 saturated heterocycles. The summed E-state index contributed by atoms with van der Waals surface area (Å²) in [6, 6.07) is 3.94. The van der Waals surface area contributed by atoms with E-state index in [1.807, 2.05) is 0 Å². The van der Waals surface area contributed by atoms with E-state index in [0.29, 0.717) is 5.56 Å². The first-order chi connectivity index (χ1) is 9.31. The van der Waals surface area contributed by atoms with Gasteiger partial charge in [0.25, 0.3) is 0 Å². The average molecular weight is 279 g/mol. The molecule has 0 aromatic heterocycles. The Morgan fingerprint density at radius 1 is 1.45 bits per heavy atom. The molecule has 20 heavy (non-hydrogen) atoms. The fourth-order valence-electron chi connectivity index (χ4n) is 1.36. The Morgan fingerprint density at radius 2 is 2.15 bits per heavy atom. The zero-order valence-electron chi connectivity index (χ0n) is 11.8. The van der Waals surface area contributed by atoms with Gasteiger partial charge in [0.2, 0.25) is 0 Å². The van der Waals surface area contributed by atoms with Gasteiger partial charge >= 0.3 is 6.09 Å². The highest BCUT2D eigenvalue weighted by Crippen LogP contribution is 2.18. The second kappa shape index (κ2) is 6.80. The lowest BCUT2D eigenvalue weighted by Gasteiger charge is -2.19. The van der Waals surface area contributed by atoms with Crippen molar-refractivity contribution in [2.45, 2.75) is 26.4 Å². The van der Waals surface area contributed by atoms with Gasteiger partial charge in [0, 0.05) is 6.07 Å². The van der Waals surface area contributed by atoms with E-state index in [9.17, 15) is 9.18 Å². The van der Waals surface area contributed by atoms with E-state index < -0.39 is 17.5 Å². The van der Waals surface area contributed by atoms with Crippen LogP contribution in [0.1, 0.15) is 26.3 Å². The van der Waals surface area contributed by atoms with Crippen LogP contribution in [0.3, 0.4) is 0 Å². The molecule has 0 aliphatic rings. The Bertz CT molecular complexity index is 515. The molecule has 1 N–H and O–H groups in total. The molecule has 0 heterocycles. The number of carbonyl (C=O) groups is 1. The largest absolute Gasteiger partial charge is 0.490 e. The van der Waals surface area contributed by atoms with Crippen LogP contribution in [0.15, 0.2) is 18.2 Å². The molecule has 5 heteroatoms. The van der Waals surface area contributed by atoms with Crippen molar-refractivity contribution >= 4 is 6.09 Å². The lowest BCUT2D eigenvalue weighted by molar-refractivity contribution is 0.0520. The highest BCUT2D eigenvalue weighted by Gasteiger charge is 2.15. The van der Waals surface area contributed by atoms with E-state index in [1.54, 1.807) is 20.8 Å². The normalized spacial score (nSPS) is 10.6. The predicted molar refractivity (Wildman–Crippen MR) is 74.1 cm³/mol. The van der Waals surface area contributed by atoms with Crippen molar-refractivity contribution in [3.05, 3.63) is 29.6 Å². The Hall–Kier alpha value is -2.22. The molecule has 0 aliphatic carbocycles. The topological polar surface area (TPSA) is 47.6 Å². The summed E-state index contributed by atoms with van der Waals surface area (Å²) in [5, 5.41) is 2.53. The smallest absolute Gasteiger partial charge is 0.407 e. The van der Waals surface area contributed by atoms with Gasteiger partial charge in [-0.2, -0.15) is 0 Å². The van der Waals surface area contributed by atoms with Gasteiger partial charge in [-0.25, -0.2) is 9.18 Å². The standard InChI is InChI=1S/C15H18FNO3/c1-5-11-6-7-12(16)10-13(11)19-9-8-17-14(18)20-15(2,3)4/h1,6-7,10H,8-9H2,2-4H3,(H,17,18). The van der Waals surface area contributed by atoms with E-state index in [4.69, 9.17) is 15.9 Å². The Morgan fingerprint density at radius 3 is 2.75 bits per heavy atom. The molecule has 1 amide bonds. The number of carbonyl (C=O) groups excluding carboxylic acids is 1. The van der Waals surface area contributed by atoms with Crippen molar-refractivity contribution in [3.8, 4) is 18.1 Å². The van der Waals surface area contributed by atoms with Gasteiger partial charge in [0.15, 0.2) is 0 Å². The molecule has 0 radical (unpaired) electrons. The number of hydrogen-bond donors (Lipinski definition) is 1. The summed E-state index contributed by atoms with van der Waals surface area (Å²) in [4.78, 5) is 11.4. The van der Waals surface area contributed by atoms with Gasteiger partial charge < -0.3 is 14.8 Å². The minimum absolute atomic E-state index is 0.164. The minimum Gasteiger partial charge on any atom is -0.490 e. The molecular formula is C15H18FNO3. The highest BCUT2D eigenvalue weighted by atomic mass is 19.1. The van der Waals surface area contributed by atoms with Gasteiger partial charge in [-0.3, -0.25) is 0 Å². The van der Waals surface area contributed by atoms with Gasteiger partial charge in [-0.05, 0) is 32.9 Å². The lowest BCUT2D eigenvalue weighted by atomic mass is 10.2. The molecule has 0 unspecified atom stereocenters. The quantitative estimate of drug-likeness (QED) is 0.681. The van der Waals surface area contributed by atoms with E-state index in [1.165, 1.54) is 18.2 Å². The second-order valence-electron chi connectivity index (χ2n) is 5.06. The summed E-state index contributed by atoms with van der Waals surface area (Å²) in [6.07, 6.45) is 4.75. The molecule has 0 atom stereocenters. The zero-order valence-corrected chi connectivity index (χ0v) is 11.8. The van der Waals surface area contributed by atoms with E-state index >= 15 is 0 Å². The molecule has 1 rings (SSSR count). The predicted octanol–water partition coefficient (Wildman–Crippen LogP) is 2.71. The first-order valence-corrected chi connectivity index (χ1v) is 6.17. The van der Waals surface area contributed by atoms with Crippen LogP contribution in [0.25, 0.3) is 0 Å². The third-order valence-electron chi connectivity index (χ3n) is 2.13. The summed E-state index contributed by atoms with van der Waals surface area (Å²) in [5.41, 5.74) is -0.0897. The Balaban J connectivity index is 2.40. The van der Waals surface area contributed by atoms with E-state index in [2.05, 4.69) is 11.2 Å². The number of hydrogen-bond acceptors (Lipinski definition) is 3. The SMILES string of the molecule is C#Cc1ccc(F)cc1OCCNC(=O)OC(C)(C)C. The van der Waals surface area contributed by atoms with Crippen molar-refractivity contribution in [1.82, 2.24) is 5.32 Å². The molecule has 0 spiro atoms. The Labute approximate surface area is 118 Å². The maximum Gasteiger partial charge on any atom is 0.407 e. The monoisotopic (exact) mass is 279 g/mol. The van der Waals surface area contributed by atoms with Crippen molar-refractivity contribution < 1.29 is 18.7 Å². The zero-order chi connectivity index (χ0) is 15.2. The van der Waals surface area contributed by atoms with Crippen LogP contribution in [-0.2, 0) is 4.74 Å². The van der Waals surface area contributed by atoms with Crippen LogP contribution in [0.4, 0.5) is 9.18 Å². The maximum atomic E-state index is 13.1.